The second-order valence-corrected chi connectivity index (χ2v) is 9.82. The summed E-state index contributed by atoms with van der Waals surface area (Å²) in [6.45, 7) is 3.36. The van der Waals surface area contributed by atoms with E-state index in [1.165, 1.54) is 0 Å². The zero-order chi connectivity index (χ0) is 21.5. The molecule has 0 spiro atoms. The van der Waals surface area contributed by atoms with Crippen LogP contribution in [-0.2, 0) is 11.2 Å². The maximum Gasteiger partial charge on any atom is 0.307 e. The maximum atomic E-state index is 11.0. The quantitative estimate of drug-likeness (QED) is 0.537. The van der Waals surface area contributed by atoms with E-state index >= 15 is 0 Å². The van der Waals surface area contributed by atoms with Crippen molar-refractivity contribution in [2.45, 2.75) is 24.9 Å². The molecule has 2 fully saturated rings. The fourth-order valence-corrected chi connectivity index (χ4v) is 5.99. The number of hydrogen-bond donors (Lipinski definition) is 1. The number of aromatic nitrogens is 1. The molecule has 162 valence electrons. The van der Waals surface area contributed by atoms with Gasteiger partial charge < -0.3 is 14.7 Å². The lowest BCUT2D eigenvalue weighted by Crippen LogP contribution is -2.47. The van der Waals surface area contributed by atoms with Crippen molar-refractivity contribution >= 4 is 55.9 Å². The highest BCUT2D eigenvalue weighted by Gasteiger charge is 2.44. The van der Waals surface area contributed by atoms with Gasteiger partial charge in [0.15, 0.2) is 5.13 Å². The molecular formula is C22H21Cl2N3O3S. The van der Waals surface area contributed by atoms with Crippen LogP contribution >= 0.6 is 34.5 Å². The van der Waals surface area contributed by atoms with Crippen LogP contribution in [0.1, 0.15) is 12.0 Å². The maximum absolute atomic E-state index is 11.0. The minimum Gasteiger partial charge on any atom is -0.492 e. The minimum atomic E-state index is -0.909. The van der Waals surface area contributed by atoms with Crippen LogP contribution in [0.15, 0.2) is 36.4 Å². The molecule has 6 nitrogen and oxygen atoms in total. The van der Waals surface area contributed by atoms with E-state index in [4.69, 9.17) is 38.0 Å². The third-order valence-corrected chi connectivity index (χ3v) is 7.60. The normalized spacial score (nSPS) is 20.6. The van der Waals surface area contributed by atoms with E-state index in [0.717, 1.165) is 46.4 Å². The van der Waals surface area contributed by atoms with E-state index in [1.54, 1.807) is 29.5 Å². The van der Waals surface area contributed by atoms with Crippen molar-refractivity contribution in [3.05, 3.63) is 52.0 Å². The Bertz CT molecular complexity index is 1140. The lowest BCUT2D eigenvalue weighted by molar-refractivity contribution is -0.136. The van der Waals surface area contributed by atoms with Gasteiger partial charge in [0.2, 0.25) is 0 Å². The predicted octanol–water partition coefficient (Wildman–Crippen LogP) is 4.57. The number of carboxylic acids is 1. The van der Waals surface area contributed by atoms with Crippen molar-refractivity contribution in [2.24, 2.45) is 0 Å². The summed E-state index contributed by atoms with van der Waals surface area (Å²) in [6.07, 6.45) is 1.03. The van der Waals surface area contributed by atoms with Crippen molar-refractivity contribution in [1.82, 2.24) is 9.88 Å². The first-order chi connectivity index (χ1) is 15.0. The number of carbonyl (C=O) groups is 1. The number of halogens is 2. The van der Waals surface area contributed by atoms with Crippen molar-refractivity contribution in [3.8, 4) is 5.75 Å². The third-order valence-electron chi connectivity index (χ3n) is 5.95. The number of benzene rings is 2. The van der Waals surface area contributed by atoms with Crippen molar-refractivity contribution < 1.29 is 14.6 Å². The van der Waals surface area contributed by atoms with Crippen molar-refractivity contribution in [3.63, 3.8) is 0 Å². The zero-order valence-electron chi connectivity index (χ0n) is 16.6. The molecule has 2 aromatic carbocycles. The molecule has 3 aromatic rings. The summed E-state index contributed by atoms with van der Waals surface area (Å²) in [5.74, 6) is -0.257. The second-order valence-electron chi connectivity index (χ2n) is 7.97. The highest BCUT2D eigenvalue weighted by atomic mass is 35.5. The Labute approximate surface area is 193 Å². The van der Waals surface area contributed by atoms with Crippen LogP contribution in [0.2, 0.25) is 10.0 Å². The van der Waals surface area contributed by atoms with Gasteiger partial charge >= 0.3 is 5.97 Å². The average molecular weight is 478 g/mol. The van der Waals surface area contributed by atoms with E-state index in [0.29, 0.717) is 35.0 Å². The van der Waals surface area contributed by atoms with Gasteiger partial charge in [0, 0.05) is 41.8 Å². The van der Waals surface area contributed by atoms with Gasteiger partial charge in [0.1, 0.15) is 12.4 Å². The van der Waals surface area contributed by atoms with Gasteiger partial charge in [0.25, 0.3) is 0 Å². The van der Waals surface area contributed by atoms with Gasteiger partial charge in [-0.3, -0.25) is 9.69 Å². The fourth-order valence-electron chi connectivity index (χ4n) is 4.49. The molecule has 2 atom stereocenters. The molecular weight excluding hydrogens is 457 g/mol. The van der Waals surface area contributed by atoms with E-state index in [2.05, 4.69) is 9.80 Å². The number of ether oxygens (including phenoxy) is 1. The Morgan fingerprint density at radius 2 is 2.06 bits per heavy atom. The molecule has 3 heterocycles. The highest BCUT2D eigenvalue weighted by molar-refractivity contribution is 7.22. The van der Waals surface area contributed by atoms with Crippen LogP contribution in [0.4, 0.5) is 5.13 Å². The number of likely N-dealkylation sites (tertiary alicyclic amines) is 1. The van der Waals surface area contributed by atoms with Crippen LogP contribution in [0.25, 0.3) is 10.2 Å². The largest absolute Gasteiger partial charge is 0.492 e. The molecule has 0 amide bonds. The molecule has 2 bridgehead atoms. The lowest BCUT2D eigenvalue weighted by atomic mass is 10.1. The molecule has 31 heavy (non-hydrogen) atoms. The fraction of sp³-hybridized carbons (Fsp3) is 0.364. The molecule has 2 aliphatic heterocycles. The molecule has 0 unspecified atom stereocenters. The van der Waals surface area contributed by atoms with Gasteiger partial charge in [-0.25, -0.2) is 4.98 Å². The van der Waals surface area contributed by atoms with E-state index in [9.17, 15) is 4.79 Å². The molecule has 1 N–H and O–H groups in total. The summed E-state index contributed by atoms with van der Waals surface area (Å²) in [4.78, 5) is 20.7. The van der Waals surface area contributed by atoms with E-state index < -0.39 is 5.97 Å². The summed E-state index contributed by atoms with van der Waals surface area (Å²) >= 11 is 13.9. The number of piperazine rings is 1. The molecule has 0 saturated carbocycles. The van der Waals surface area contributed by atoms with Gasteiger partial charge in [0.05, 0.1) is 16.6 Å². The molecule has 9 heteroatoms. The number of nitrogens with zero attached hydrogens (tertiary/aromatic N) is 3. The molecule has 2 saturated heterocycles. The van der Waals surface area contributed by atoms with Gasteiger partial charge in [-0.2, -0.15) is 0 Å². The van der Waals surface area contributed by atoms with E-state index in [-0.39, 0.29) is 6.42 Å². The van der Waals surface area contributed by atoms with Crippen LogP contribution in [0, 0.1) is 0 Å². The number of hydrogen-bond acceptors (Lipinski definition) is 6. The molecule has 1 aromatic heterocycles. The second kappa shape index (κ2) is 8.47. The van der Waals surface area contributed by atoms with Gasteiger partial charge in [-0.1, -0.05) is 34.5 Å². The predicted molar refractivity (Wildman–Crippen MR) is 124 cm³/mol. The minimum absolute atomic E-state index is 0.111. The summed E-state index contributed by atoms with van der Waals surface area (Å²) in [7, 11) is 0. The Morgan fingerprint density at radius 1 is 1.19 bits per heavy atom. The topological polar surface area (TPSA) is 65.9 Å². The Morgan fingerprint density at radius 3 is 2.84 bits per heavy atom. The van der Waals surface area contributed by atoms with Crippen LogP contribution in [0.5, 0.6) is 5.75 Å². The zero-order valence-corrected chi connectivity index (χ0v) is 19.0. The highest BCUT2D eigenvalue weighted by Crippen LogP contribution is 2.38. The number of carboxylic acid groups (broad SMARTS) is 1. The Kier molecular flexibility index (Phi) is 5.69. The third kappa shape index (κ3) is 4.32. The first kappa shape index (κ1) is 20.8. The van der Waals surface area contributed by atoms with Crippen molar-refractivity contribution in [1.29, 1.82) is 0 Å². The summed E-state index contributed by atoms with van der Waals surface area (Å²) in [5, 5.41) is 11.3. The summed E-state index contributed by atoms with van der Waals surface area (Å²) in [6, 6.07) is 12.0. The molecule has 5 rings (SSSR count). The molecule has 0 aliphatic carbocycles. The van der Waals surface area contributed by atoms with Crippen LogP contribution < -0.4 is 9.64 Å². The van der Waals surface area contributed by atoms with E-state index in [1.807, 2.05) is 18.2 Å². The first-order valence-corrected chi connectivity index (χ1v) is 11.7. The lowest BCUT2D eigenvalue weighted by Gasteiger charge is -2.33. The number of rotatable bonds is 7. The monoisotopic (exact) mass is 477 g/mol. The van der Waals surface area contributed by atoms with Gasteiger partial charge in [-0.05, 0) is 48.4 Å². The number of aliphatic carboxylic acids is 1. The van der Waals surface area contributed by atoms with Gasteiger partial charge in [-0.15, -0.1) is 0 Å². The smallest absolute Gasteiger partial charge is 0.307 e. The molecule has 2 aliphatic rings. The van der Waals surface area contributed by atoms with Crippen molar-refractivity contribution in [2.75, 3.05) is 31.1 Å². The molecule has 0 radical (unpaired) electrons. The van der Waals surface area contributed by atoms with Crippen LogP contribution in [-0.4, -0.2) is 59.3 Å². The first-order valence-electron chi connectivity index (χ1n) is 10.2. The van der Waals surface area contributed by atoms with Crippen LogP contribution in [0.3, 0.4) is 0 Å². The Hall–Kier alpha value is -2.06. The summed E-state index contributed by atoms with van der Waals surface area (Å²) < 4.78 is 7.01. The average Bonchev–Trinajstić information content (AvgIpc) is 3.43. The number of thiazole rings is 1. The summed E-state index contributed by atoms with van der Waals surface area (Å²) in [5.41, 5.74) is 1.57. The Balaban J connectivity index is 1.16. The standard InChI is InChI=1S/C22H21Cl2N3O3S/c23-14-1-4-19-20(9-14)31-22(25-19)27-12-15-10-16(27)11-26(15)5-6-30-17-2-3-18(24)13(7-17)8-21(28)29/h1-4,7,9,15-16H,5-6,8,10-12H2,(H,28,29)/t15-,16-/m0/s1. The number of fused-ring (bicyclic) bond motifs is 3. The SMILES string of the molecule is O=C(O)Cc1cc(OCCN2C[C@@H]3C[C@H]2CN3c2nc3ccc(Cl)cc3s2)ccc1Cl. The number of anilines is 1.